The van der Waals surface area contributed by atoms with Crippen molar-refractivity contribution in [2.45, 2.75) is 4.90 Å². The summed E-state index contributed by atoms with van der Waals surface area (Å²) in [6.45, 7) is 0.857. The Morgan fingerprint density at radius 1 is 1.23 bits per heavy atom. The van der Waals surface area contributed by atoms with E-state index in [1.54, 1.807) is 31.4 Å². The van der Waals surface area contributed by atoms with Crippen LogP contribution in [0.5, 0.6) is 0 Å². The zero-order valence-corrected chi connectivity index (χ0v) is 15.6. The van der Waals surface area contributed by atoms with E-state index in [1.807, 2.05) is 0 Å². The Kier molecular flexibility index (Phi) is 7.90. The molecular weight excluding hydrogens is 379 g/mol. The molecular formula is C18H18ClFN2O3S. The van der Waals surface area contributed by atoms with Gasteiger partial charge in [-0.3, -0.25) is 9.59 Å². The molecule has 0 atom stereocenters. The van der Waals surface area contributed by atoms with Crippen LogP contribution in [0.25, 0.3) is 0 Å². The molecule has 0 aromatic heterocycles. The van der Waals surface area contributed by atoms with Gasteiger partial charge in [-0.15, -0.1) is 11.8 Å². The van der Waals surface area contributed by atoms with E-state index in [4.69, 9.17) is 16.3 Å². The molecule has 0 aliphatic carbocycles. The van der Waals surface area contributed by atoms with Crippen molar-refractivity contribution < 1.29 is 18.7 Å². The van der Waals surface area contributed by atoms with Crippen molar-refractivity contribution in [2.24, 2.45) is 0 Å². The molecule has 0 aliphatic heterocycles. The predicted molar refractivity (Wildman–Crippen MR) is 101 cm³/mol. The van der Waals surface area contributed by atoms with Crippen molar-refractivity contribution in [2.75, 3.05) is 31.3 Å². The standard InChI is InChI=1S/C18H18ClFN2O3S/c1-25-9-8-21-17(23)11-26-16-5-3-2-4-13(16)18(24)22-15-7-6-12(19)10-14(15)20/h2-7,10H,8-9,11H2,1H3,(H,21,23)(H,22,24). The Labute approximate surface area is 160 Å². The molecule has 0 radical (unpaired) electrons. The van der Waals surface area contributed by atoms with Gasteiger partial charge in [-0.2, -0.15) is 0 Å². The minimum atomic E-state index is -0.617. The van der Waals surface area contributed by atoms with Crippen molar-refractivity contribution >= 4 is 40.9 Å². The average Bonchev–Trinajstić information content (AvgIpc) is 2.62. The number of halogens is 2. The van der Waals surface area contributed by atoms with Gasteiger partial charge in [0, 0.05) is 23.6 Å². The average molecular weight is 397 g/mol. The molecule has 2 amide bonds. The lowest BCUT2D eigenvalue weighted by atomic mass is 10.2. The number of hydrogen-bond donors (Lipinski definition) is 2. The molecule has 26 heavy (non-hydrogen) atoms. The summed E-state index contributed by atoms with van der Waals surface area (Å²) in [6.07, 6.45) is 0. The summed E-state index contributed by atoms with van der Waals surface area (Å²) < 4.78 is 18.7. The molecule has 0 spiro atoms. The fourth-order valence-electron chi connectivity index (χ4n) is 2.05. The number of anilines is 1. The molecule has 0 heterocycles. The molecule has 2 N–H and O–H groups in total. The van der Waals surface area contributed by atoms with Gasteiger partial charge in [-0.1, -0.05) is 23.7 Å². The number of hydrogen-bond acceptors (Lipinski definition) is 4. The van der Waals surface area contributed by atoms with Crippen LogP contribution < -0.4 is 10.6 Å². The first-order chi connectivity index (χ1) is 12.5. The summed E-state index contributed by atoms with van der Waals surface area (Å²) >= 11 is 6.94. The third kappa shape index (κ3) is 6.01. The predicted octanol–water partition coefficient (Wildman–Crippen LogP) is 3.59. The second-order valence-electron chi connectivity index (χ2n) is 5.21. The van der Waals surface area contributed by atoms with Gasteiger partial charge in [0.1, 0.15) is 5.82 Å². The number of ether oxygens (including phenoxy) is 1. The van der Waals surface area contributed by atoms with E-state index in [0.717, 1.165) is 6.07 Å². The Morgan fingerprint density at radius 2 is 2.00 bits per heavy atom. The van der Waals surface area contributed by atoms with Gasteiger partial charge >= 0.3 is 0 Å². The molecule has 0 fully saturated rings. The molecule has 0 aliphatic rings. The van der Waals surface area contributed by atoms with E-state index >= 15 is 0 Å². The molecule has 2 rings (SSSR count). The first-order valence-corrected chi connectivity index (χ1v) is 9.11. The summed E-state index contributed by atoms with van der Waals surface area (Å²) in [5, 5.41) is 5.47. The number of amides is 2. The number of methoxy groups -OCH3 is 1. The number of nitrogens with one attached hydrogen (secondary N) is 2. The third-order valence-electron chi connectivity index (χ3n) is 3.30. The van der Waals surface area contributed by atoms with Crippen LogP contribution in [0.3, 0.4) is 0 Å². The number of carbonyl (C=O) groups excluding carboxylic acids is 2. The highest BCUT2D eigenvalue weighted by Gasteiger charge is 2.14. The Hall–Kier alpha value is -2.09. The van der Waals surface area contributed by atoms with Gasteiger partial charge in [0.05, 0.1) is 23.6 Å². The van der Waals surface area contributed by atoms with Gasteiger partial charge in [-0.05, 0) is 30.3 Å². The van der Waals surface area contributed by atoms with Crippen molar-refractivity contribution in [1.29, 1.82) is 0 Å². The first-order valence-electron chi connectivity index (χ1n) is 7.75. The molecule has 138 valence electrons. The second kappa shape index (κ2) is 10.2. The summed E-state index contributed by atoms with van der Waals surface area (Å²) in [5.74, 6) is -1.09. The molecule has 0 bridgehead atoms. The molecule has 5 nitrogen and oxygen atoms in total. The Bertz CT molecular complexity index is 789. The minimum absolute atomic E-state index is 0.0384. The fourth-order valence-corrected chi connectivity index (χ4v) is 3.09. The van der Waals surface area contributed by atoms with Gasteiger partial charge in [-0.25, -0.2) is 4.39 Å². The van der Waals surface area contributed by atoms with Crippen LogP contribution >= 0.6 is 23.4 Å². The van der Waals surface area contributed by atoms with Crippen LogP contribution in [-0.2, 0) is 9.53 Å². The lowest BCUT2D eigenvalue weighted by Crippen LogP contribution is -2.28. The van der Waals surface area contributed by atoms with E-state index in [-0.39, 0.29) is 22.4 Å². The highest BCUT2D eigenvalue weighted by Crippen LogP contribution is 2.25. The van der Waals surface area contributed by atoms with Crippen molar-refractivity contribution in [1.82, 2.24) is 5.32 Å². The van der Waals surface area contributed by atoms with Crippen LogP contribution in [0.15, 0.2) is 47.4 Å². The second-order valence-corrected chi connectivity index (χ2v) is 6.66. The first kappa shape index (κ1) is 20.2. The van der Waals surface area contributed by atoms with Crippen LogP contribution in [0.4, 0.5) is 10.1 Å². The Morgan fingerprint density at radius 3 is 2.73 bits per heavy atom. The normalized spacial score (nSPS) is 10.4. The maximum Gasteiger partial charge on any atom is 0.256 e. The molecule has 0 saturated carbocycles. The van der Waals surface area contributed by atoms with Gasteiger partial charge in [0.15, 0.2) is 0 Å². The summed E-state index contributed by atoms with van der Waals surface area (Å²) in [5.41, 5.74) is 0.396. The summed E-state index contributed by atoms with van der Waals surface area (Å²) in [6, 6.07) is 10.8. The SMILES string of the molecule is COCCNC(=O)CSc1ccccc1C(=O)Nc1ccc(Cl)cc1F. The maximum absolute atomic E-state index is 13.9. The number of carbonyl (C=O) groups is 2. The minimum Gasteiger partial charge on any atom is -0.383 e. The number of thioether (sulfide) groups is 1. The van der Waals surface area contributed by atoms with Gasteiger partial charge in [0.2, 0.25) is 5.91 Å². The smallest absolute Gasteiger partial charge is 0.256 e. The fraction of sp³-hybridized carbons (Fsp3) is 0.222. The van der Waals surface area contributed by atoms with Crippen molar-refractivity contribution in [3.63, 3.8) is 0 Å². The quantitative estimate of drug-likeness (QED) is 0.528. The Balaban J connectivity index is 2.03. The molecule has 8 heteroatoms. The topological polar surface area (TPSA) is 67.4 Å². The maximum atomic E-state index is 13.9. The van der Waals surface area contributed by atoms with E-state index in [0.29, 0.717) is 23.6 Å². The zero-order chi connectivity index (χ0) is 18.9. The summed E-state index contributed by atoms with van der Waals surface area (Å²) in [4.78, 5) is 24.9. The van der Waals surface area contributed by atoms with Crippen LogP contribution in [0.1, 0.15) is 10.4 Å². The highest BCUT2D eigenvalue weighted by molar-refractivity contribution is 8.00. The van der Waals surface area contributed by atoms with Crippen LogP contribution in [0, 0.1) is 5.82 Å². The zero-order valence-electron chi connectivity index (χ0n) is 14.1. The van der Waals surface area contributed by atoms with E-state index < -0.39 is 11.7 Å². The lowest BCUT2D eigenvalue weighted by Gasteiger charge is -2.11. The molecule has 2 aromatic rings. The third-order valence-corrected chi connectivity index (χ3v) is 4.61. The molecule has 2 aromatic carbocycles. The van der Waals surface area contributed by atoms with Gasteiger partial charge < -0.3 is 15.4 Å². The summed E-state index contributed by atoms with van der Waals surface area (Å²) in [7, 11) is 1.55. The van der Waals surface area contributed by atoms with E-state index in [9.17, 15) is 14.0 Å². The number of rotatable bonds is 8. The van der Waals surface area contributed by atoms with Crippen LogP contribution in [0.2, 0.25) is 5.02 Å². The van der Waals surface area contributed by atoms with Crippen molar-refractivity contribution in [3.8, 4) is 0 Å². The largest absolute Gasteiger partial charge is 0.383 e. The van der Waals surface area contributed by atoms with Crippen molar-refractivity contribution in [3.05, 3.63) is 58.9 Å². The van der Waals surface area contributed by atoms with Crippen LogP contribution in [-0.4, -0.2) is 37.8 Å². The number of benzene rings is 2. The monoisotopic (exact) mass is 396 g/mol. The highest BCUT2D eigenvalue weighted by atomic mass is 35.5. The lowest BCUT2D eigenvalue weighted by molar-refractivity contribution is -0.118. The van der Waals surface area contributed by atoms with E-state index in [2.05, 4.69) is 10.6 Å². The molecule has 0 saturated heterocycles. The molecule has 0 unspecified atom stereocenters. The van der Waals surface area contributed by atoms with Gasteiger partial charge in [0.25, 0.3) is 5.91 Å². The van der Waals surface area contributed by atoms with E-state index in [1.165, 1.54) is 23.9 Å².